The molecule has 0 atom stereocenters. The Morgan fingerprint density at radius 2 is 1.69 bits per heavy atom. The van der Waals surface area contributed by atoms with Crippen molar-refractivity contribution < 1.29 is 23.1 Å². The molecule has 0 unspecified atom stereocenters. The number of halogens is 3. The summed E-state index contributed by atoms with van der Waals surface area (Å²) in [6, 6.07) is 12.0. The second kappa shape index (κ2) is 8.29. The molecule has 0 aliphatic rings. The van der Waals surface area contributed by atoms with Gasteiger partial charge in [-0.2, -0.15) is 13.2 Å². The molecule has 0 aliphatic heterocycles. The molecule has 2 aromatic carbocycles. The van der Waals surface area contributed by atoms with Crippen LogP contribution in [0.3, 0.4) is 0 Å². The first-order valence-corrected chi connectivity index (χ1v) is 9.52. The van der Waals surface area contributed by atoms with Crippen LogP contribution in [0.1, 0.15) is 29.9 Å². The molecular weight excluding hydrogens is 381 g/mol. The van der Waals surface area contributed by atoms with E-state index in [9.17, 15) is 23.1 Å². The number of carbonyl (C=O) groups is 1. The Labute approximate surface area is 167 Å². The van der Waals surface area contributed by atoms with Crippen molar-refractivity contribution in [2.24, 2.45) is 0 Å². The fraction of sp³-hybridized carbons (Fsp3) is 0.318. The molecule has 0 amide bonds. The van der Waals surface area contributed by atoms with E-state index in [4.69, 9.17) is 0 Å². The Balaban J connectivity index is 2.25. The van der Waals surface area contributed by atoms with Gasteiger partial charge in [-0.25, -0.2) is 4.79 Å². The van der Waals surface area contributed by atoms with Crippen LogP contribution in [0.25, 0.3) is 22.0 Å². The number of aromatic nitrogens is 1. The number of hydrogen-bond acceptors (Lipinski definition) is 2. The molecule has 0 fully saturated rings. The number of aromatic carboxylic acids is 1. The van der Waals surface area contributed by atoms with Crippen molar-refractivity contribution in [1.82, 2.24) is 9.47 Å². The van der Waals surface area contributed by atoms with Gasteiger partial charge in [0.1, 0.15) is 5.69 Å². The van der Waals surface area contributed by atoms with E-state index in [1.165, 1.54) is 6.07 Å². The van der Waals surface area contributed by atoms with Gasteiger partial charge in [-0.1, -0.05) is 50.2 Å². The van der Waals surface area contributed by atoms with Crippen LogP contribution in [0.4, 0.5) is 13.2 Å². The second-order valence-corrected chi connectivity index (χ2v) is 6.81. The van der Waals surface area contributed by atoms with Gasteiger partial charge in [0.25, 0.3) is 0 Å². The molecule has 1 aromatic heterocycles. The highest BCUT2D eigenvalue weighted by Crippen LogP contribution is 2.37. The van der Waals surface area contributed by atoms with Crippen molar-refractivity contribution >= 4 is 16.7 Å². The van der Waals surface area contributed by atoms with Crippen molar-refractivity contribution in [3.8, 4) is 11.3 Å². The van der Waals surface area contributed by atoms with E-state index in [-0.39, 0.29) is 5.69 Å². The van der Waals surface area contributed by atoms with Gasteiger partial charge in [0.2, 0.25) is 0 Å². The van der Waals surface area contributed by atoms with Gasteiger partial charge in [0.05, 0.1) is 11.3 Å². The summed E-state index contributed by atoms with van der Waals surface area (Å²) in [5.74, 6) is -1.10. The van der Waals surface area contributed by atoms with E-state index in [1.807, 2.05) is 13.8 Å². The van der Waals surface area contributed by atoms with Crippen LogP contribution in [0.2, 0.25) is 0 Å². The van der Waals surface area contributed by atoms with Crippen LogP contribution in [-0.2, 0) is 12.7 Å². The maximum atomic E-state index is 13.3. The summed E-state index contributed by atoms with van der Waals surface area (Å²) >= 11 is 0. The fourth-order valence-corrected chi connectivity index (χ4v) is 3.69. The summed E-state index contributed by atoms with van der Waals surface area (Å²) in [6.45, 7) is 6.60. The van der Waals surface area contributed by atoms with Gasteiger partial charge >= 0.3 is 12.1 Å². The number of nitrogens with zero attached hydrogens (tertiary/aromatic N) is 2. The standard InChI is InChI=1S/C22H23F3N2O2/c1-3-26(4-2)12-13-27-19(15-8-7-9-16(14-15)22(23,24)25)17-10-5-6-11-18(17)20(27)21(28)29/h5-11,14H,3-4,12-13H2,1-2H3,(H,28,29). The second-order valence-electron chi connectivity index (χ2n) is 6.81. The molecule has 0 radical (unpaired) electrons. The van der Waals surface area contributed by atoms with Crippen LogP contribution in [-0.4, -0.2) is 40.2 Å². The molecular formula is C22H23F3N2O2. The zero-order valence-corrected chi connectivity index (χ0v) is 16.3. The molecule has 0 saturated heterocycles. The minimum Gasteiger partial charge on any atom is -0.477 e. The van der Waals surface area contributed by atoms with Gasteiger partial charge < -0.3 is 14.6 Å². The van der Waals surface area contributed by atoms with Crippen LogP contribution in [0.5, 0.6) is 0 Å². The van der Waals surface area contributed by atoms with Crippen molar-refractivity contribution in [2.75, 3.05) is 19.6 Å². The first-order chi connectivity index (χ1) is 13.8. The number of fused-ring (bicyclic) bond motifs is 1. The average molecular weight is 404 g/mol. The molecule has 1 N–H and O–H groups in total. The van der Waals surface area contributed by atoms with Gasteiger partial charge in [-0.3, -0.25) is 0 Å². The topological polar surface area (TPSA) is 45.5 Å². The van der Waals surface area contributed by atoms with Crippen LogP contribution < -0.4 is 0 Å². The van der Waals surface area contributed by atoms with Crippen molar-refractivity contribution in [2.45, 2.75) is 26.6 Å². The molecule has 3 rings (SSSR count). The van der Waals surface area contributed by atoms with E-state index < -0.39 is 17.7 Å². The maximum absolute atomic E-state index is 13.3. The molecule has 0 aliphatic carbocycles. The van der Waals surface area contributed by atoms with E-state index >= 15 is 0 Å². The number of carboxylic acids is 1. The molecule has 7 heteroatoms. The monoisotopic (exact) mass is 404 g/mol. The third-order valence-electron chi connectivity index (χ3n) is 5.18. The van der Waals surface area contributed by atoms with Crippen molar-refractivity contribution in [1.29, 1.82) is 0 Å². The molecule has 3 aromatic rings. The highest BCUT2D eigenvalue weighted by atomic mass is 19.4. The first kappa shape index (κ1) is 20.9. The lowest BCUT2D eigenvalue weighted by Gasteiger charge is -2.20. The summed E-state index contributed by atoms with van der Waals surface area (Å²) in [7, 11) is 0. The fourth-order valence-electron chi connectivity index (χ4n) is 3.69. The Bertz CT molecular complexity index is 1020. The quantitative estimate of drug-likeness (QED) is 0.576. The number of carboxylic acid groups (broad SMARTS) is 1. The van der Waals surface area contributed by atoms with Gasteiger partial charge in [-0.15, -0.1) is 0 Å². The molecule has 0 bridgehead atoms. The third-order valence-corrected chi connectivity index (χ3v) is 5.18. The molecule has 154 valence electrons. The first-order valence-electron chi connectivity index (χ1n) is 9.52. The Kier molecular flexibility index (Phi) is 5.98. The van der Waals surface area contributed by atoms with Crippen LogP contribution >= 0.6 is 0 Å². The number of alkyl halides is 3. The minimum absolute atomic E-state index is 0.0974. The van der Waals surface area contributed by atoms with E-state index in [1.54, 1.807) is 34.9 Å². The largest absolute Gasteiger partial charge is 0.477 e. The Hall–Kier alpha value is -2.80. The number of hydrogen-bond donors (Lipinski definition) is 1. The number of rotatable bonds is 7. The summed E-state index contributed by atoms with van der Waals surface area (Å²) < 4.78 is 41.4. The van der Waals surface area contributed by atoms with Crippen molar-refractivity contribution in [3.63, 3.8) is 0 Å². The number of likely N-dealkylation sites (N-methyl/N-ethyl adjacent to an activating group) is 1. The SMILES string of the molecule is CCN(CC)CCn1c(C(=O)O)c2ccccc2c1-c1cccc(C(F)(F)F)c1. The molecule has 4 nitrogen and oxygen atoms in total. The molecule has 1 heterocycles. The van der Waals surface area contributed by atoms with E-state index in [2.05, 4.69) is 4.90 Å². The summed E-state index contributed by atoms with van der Waals surface area (Å²) in [6.07, 6.45) is -4.47. The van der Waals surface area contributed by atoms with E-state index in [0.717, 1.165) is 25.2 Å². The predicted molar refractivity (Wildman–Crippen MR) is 107 cm³/mol. The lowest BCUT2D eigenvalue weighted by molar-refractivity contribution is -0.137. The molecule has 0 saturated carbocycles. The highest BCUT2D eigenvalue weighted by Gasteiger charge is 2.31. The molecule has 29 heavy (non-hydrogen) atoms. The lowest BCUT2D eigenvalue weighted by atomic mass is 10.0. The molecule has 0 spiro atoms. The normalized spacial score (nSPS) is 12.1. The smallest absolute Gasteiger partial charge is 0.416 e. The highest BCUT2D eigenvalue weighted by molar-refractivity contribution is 6.09. The zero-order valence-electron chi connectivity index (χ0n) is 16.3. The van der Waals surface area contributed by atoms with Gasteiger partial charge in [0, 0.05) is 23.9 Å². The minimum atomic E-state index is -4.47. The number of benzene rings is 2. The Morgan fingerprint density at radius 3 is 2.28 bits per heavy atom. The van der Waals surface area contributed by atoms with Crippen molar-refractivity contribution in [3.05, 3.63) is 59.8 Å². The summed E-state index contributed by atoms with van der Waals surface area (Å²) in [5.41, 5.74) is 0.187. The zero-order chi connectivity index (χ0) is 21.2. The Morgan fingerprint density at radius 1 is 1.03 bits per heavy atom. The lowest BCUT2D eigenvalue weighted by Crippen LogP contribution is -2.28. The van der Waals surface area contributed by atoms with Crippen LogP contribution in [0.15, 0.2) is 48.5 Å². The van der Waals surface area contributed by atoms with E-state index in [0.29, 0.717) is 35.1 Å². The van der Waals surface area contributed by atoms with Gasteiger partial charge in [0.15, 0.2) is 0 Å². The maximum Gasteiger partial charge on any atom is 0.416 e. The third kappa shape index (κ3) is 4.15. The van der Waals surface area contributed by atoms with Gasteiger partial charge in [-0.05, 0) is 30.8 Å². The predicted octanol–water partition coefficient (Wildman–Crippen LogP) is 5.37. The average Bonchev–Trinajstić information content (AvgIpc) is 3.02. The van der Waals surface area contributed by atoms with Crippen LogP contribution in [0, 0.1) is 0 Å². The summed E-state index contributed by atoms with van der Waals surface area (Å²) in [5, 5.41) is 11.0. The summed E-state index contributed by atoms with van der Waals surface area (Å²) in [4.78, 5) is 14.2.